The number of carbonyl (C=O) groups excluding carboxylic acids is 1. The van der Waals surface area contributed by atoms with Crippen LogP contribution < -0.4 is 20.1 Å². The van der Waals surface area contributed by atoms with Gasteiger partial charge < -0.3 is 4.18 Å². The molecular weight excluding hydrogens is 634 g/mol. The Morgan fingerprint density at radius 3 is 1.70 bits per heavy atom. The van der Waals surface area contributed by atoms with Gasteiger partial charge in [0.15, 0.2) is 11.5 Å². The fourth-order valence-electron chi connectivity index (χ4n) is 4.63. The molecule has 232 valence electrons. The summed E-state index contributed by atoms with van der Waals surface area (Å²) in [6.07, 6.45) is -7.53. The third-order valence-corrected chi connectivity index (χ3v) is 10.7. The first kappa shape index (κ1) is 32.8. The van der Waals surface area contributed by atoms with E-state index in [0.717, 1.165) is 0 Å². The van der Waals surface area contributed by atoms with Crippen molar-refractivity contribution in [2.24, 2.45) is 11.8 Å². The smallest absolute Gasteiger partial charge is 0.377 e. The van der Waals surface area contributed by atoms with Gasteiger partial charge in [0.2, 0.25) is 0 Å². The summed E-state index contributed by atoms with van der Waals surface area (Å²) >= 11 is 0. The first-order chi connectivity index (χ1) is 19.8. The van der Waals surface area contributed by atoms with Gasteiger partial charge >= 0.3 is 33.4 Å². The second-order valence-corrected chi connectivity index (χ2v) is 13.8. The van der Waals surface area contributed by atoms with E-state index >= 15 is 0 Å². The molecule has 0 saturated heterocycles. The third kappa shape index (κ3) is 5.41. The minimum absolute atomic E-state index is 0.173. The van der Waals surface area contributed by atoms with Crippen LogP contribution in [0, 0.1) is 11.8 Å². The van der Waals surface area contributed by atoms with Crippen LogP contribution in [-0.2, 0) is 16.5 Å². The highest BCUT2D eigenvalue weighted by Gasteiger charge is 2.86. The van der Waals surface area contributed by atoms with Crippen LogP contribution in [0.2, 0.25) is 0 Å². The van der Waals surface area contributed by atoms with Gasteiger partial charge in [-0.15, -0.1) is 0 Å². The van der Waals surface area contributed by atoms with Gasteiger partial charge in [0.05, 0.1) is 0 Å². The fraction of sp³-hybridized carbons (Fsp3) is 0.321. The first-order valence-corrected chi connectivity index (χ1v) is 15.3. The molecule has 43 heavy (non-hydrogen) atoms. The Hall–Kier alpha value is -3.12. The van der Waals surface area contributed by atoms with Crippen LogP contribution in [-0.4, -0.2) is 37.5 Å². The van der Waals surface area contributed by atoms with Gasteiger partial charge in [-0.1, -0.05) is 80.6 Å². The minimum Gasteiger partial charge on any atom is -0.377 e. The average Bonchev–Trinajstić information content (AvgIpc) is 3.27. The van der Waals surface area contributed by atoms with E-state index in [2.05, 4.69) is 4.18 Å². The molecule has 0 bridgehead atoms. The maximum Gasteiger partial charge on any atom is 0.460 e. The zero-order chi connectivity index (χ0) is 32.2. The number of hydrogen-bond acceptors (Lipinski definition) is 4. The molecule has 3 aromatic rings. The first-order valence-electron chi connectivity index (χ1n) is 12.5. The number of rotatable bonds is 9. The standard InChI is InChI=1S/C28H22F9O4PS/c1-16(2)20-15-21-19(23(20)38)13-14-22(42(17-9-5-3-6-10-17)18-11-7-4-8-12-18)24(21)41-43(39,40)28(36,37)26(31,32)25(29,30)27(33,34)35/h3-14,16,20H,15H2,1-2H3. The van der Waals surface area contributed by atoms with Gasteiger partial charge in [-0.3, -0.25) is 4.79 Å². The number of ketones is 1. The Balaban J connectivity index is 1.98. The zero-order valence-corrected chi connectivity index (χ0v) is 23.9. The highest BCUT2D eigenvalue weighted by Crippen LogP contribution is 2.55. The molecule has 0 amide bonds. The predicted octanol–water partition coefficient (Wildman–Crippen LogP) is 6.59. The summed E-state index contributed by atoms with van der Waals surface area (Å²) in [5, 5.41) is -6.28. The topological polar surface area (TPSA) is 60.4 Å². The van der Waals surface area contributed by atoms with Crippen molar-refractivity contribution in [1.29, 1.82) is 0 Å². The molecule has 0 radical (unpaired) electrons. The van der Waals surface area contributed by atoms with E-state index in [9.17, 15) is 52.7 Å². The van der Waals surface area contributed by atoms with Crippen LogP contribution in [0.3, 0.4) is 0 Å². The summed E-state index contributed by atoms with van der Waals surface area (Å²) in [6.45, 7) is 3.28. The van der Waals surface area contributed by atoms with Crippen LogP contribution in [0.25, 0.3) is 0 Å². The van der Waals surface area contributed by atoms with E-state index in [0.29, 0.717) is 10.6 Å². The van der Waals surface area contributed by atoms with Crippen LogP contribution in [0.4, 0.5) is 39.5 Å². The normalized spacial score (nSPS) is 16.6. The number of hydrogen-bond donors (Lipinski definition) is 0. The highest BCUT2D eigenvalue weighted by molar-refractivity contribution is 7.88. The molecule has 0 N–H and O–H groups in total. The molecule has 4 rings (SSSR count). The molecule has 1 aliphatic carbocycles. The van der Waals surface area contributed by atoms with Crippen LogP contribution in [0.15, 0.2) is 72.8 Å². The van der Waals surface area contributed by atoms with E-state index in [1.54, 1.807) is 74.5 Å². The van der Waals surface area contributed by atoms with E-state index in [4.69, 9.17) is 0 Å². The number of alkyl halides is 9. The van der Waals surface area contributed by atoms with Crippen molar-refractivity contribution in [3.8, 4) is 5.75 Å². The Bertz CT molecular complexity index is 1570. The summed E-state index contributed by atoms with van der Waals surface area (Å²) in [6, 6.07) is 18.5. The quantitative estimate of drug-likeness (QED) is 0.148. The number of benzene rings is 3. The SMILES string of the molecule is CC(C)C1Cc2c(ccc(P(c3ccccc3)c3ccccc3)c2OS(=O)(=O)C(F)(F)C(F)(F)C(F)(F)C(F)(F)F)C1=O. The predicted molar refractivity (Wildman–Crippen MR) is 142 cm³/mol. The summed E-state index contributed by atoms with van der Waals surface area (Å²) in [4.78, 5) is 13.1. The molecule has 0 aliphatic heterocycles. The number of Topliss-reactive ketones (excluding diaryl/α,β-unsaturated/α-hetero) is 1. The second-order valence-electron chi connectivity index (χ2n) is 10.1. The zero-order valence-electron chi connectivity index (χ0n) is 22.2. The van der Waals surface area contributed by atoms with Gasteiger partial charge in [0.1, 0.15) is 0 Å². The van der Waals surface area contributed by atoms with Gasteiger partial charge in [-0.25, -0.2) is 0 Å². The van der Waals surface area contributed by atoms with Gasteiger partial charge in [-0.2, -0.15) is 47.9 Å². The molecule has 1 atom stereocenters. The molecular formula is C28H22F9O4PS. The number of halogens is 9. The van der Waals surface area contributed by atoms with Crippen molar-refractivity contribution in [2.45, 2.75) is 43.5 Å². The molecule has 0 aromatic heterocycles. The number of fused-ring (bicyclic) bond motifs is 1. The van der Waals surface area contributed by atoms with E-state index in [-0.39, 0.29) is 28.8 Å². The van der Waals surface area contributed by atoms with Crippen LogP contribution in [0.1, 0.15) is 29.8 Å². The Labute approximate surface area is 241 Å². The molecule has 0 saturated carbocycles. The summed E-state index contributed by atoms with van der Waals surface area (Å²) in [5.41, 5.74) is -0.453. The summed E-state index contributed by atoms with van der Waals surface area (Å²) in [5.74, 6) is -17.7. The van der Waals surface area contributed by atoms with Crippen LogP contribution in [0.5, 0.6) is 5.75 Å². The van der Waals surface area contributed by atoms with Crippen molar-refractivity contribution < 1.29 is 56.9 Å². The fourth-order valence-corrected chi connectivity index (χ4v) is 8.05. The Morgan fingerprint density at radius 2 is 1.26 bits per heavy atom. The molecule has 1 aliphatic rings. The van der Waals surface area contributed by atoms with Crippen molar-refractivity contribution in [3.63, 3.8) is 0 Å². The lowest BCUT2D eigenvalue weighted by Gasteiger charge is -2.33. The van der Waals surface area contributed by atoms with Crippen molar-refractivity contribution >= 4 is 39.7 Å². The monoisotopic (exact) mass is 656 g/mol. The largest absolute Gasteiger partial charge is 0.460 e. The van der Waals surface area contributed by atoms with Crippen molar-refractivity contribution in [1.82, 2.24) is 0 Å². The van der Waals surface area contributed by atoms with Gasteiger partial charge in [0.25, 0.3) is 0 Å². The van der Waals surface area contributed by atoms with E-state index < -0.39 is 58.8 Å². The lowest BCUT2D eigenvalue weighted by atomic mass is 9.92. The number of carbonyl (C=O) groups is 1. The van der Waals surface area contributed by atoms with Crippen molar-refractivity contribution in [2.75, 3.05) is 0 Å². The van der Waals surface area contributed by atoms with E-state index in [1.165, 1.54) is 12.1 Å². The van der Waals surface area contributed by atoms with Gasteiger partial charge in [-0.05, 0) is 36.9 Å². The average molecular weight is 657 g/mol. The van der Waals surface area contributed by atoms with Gasteiger partial charge in [0, 0.05) is 22.3 Å². The Kier molecular flexibility index (Phi) is 8.47. The Morgan fingerprint density at radius 1 is 0.767 bits per heavy atom. The molecule has 4 nitrogen and oxygen atoms in total. The lowest BCUT2D eigenvalue weighted by molar-refractivity contribution is -0.382. The minimum atomic E-state index is -7.48. The maximum atomic E-state index is 14.8. The maximum absolute atomic E-state index is 14.8. The molecule has 3 aromatic carbocycles. The lowest BCUT2D eigenvalue weighted by Crippen LogP contribution is -2.63. The molecule has 1 unspecified atom stereocenters. The molecule has 0 heterocycles. The summed E-state index contributed by atoms with van der Waals surface area (Å²) in [7, 11) is -9.21. The third-order valence-electron chi connectivity index (χ3n) is 6.96. The van der Waals surface area contributed by atoms with Crippen LogP contribution >= 0.6 is 7.92 Å². The summed E-state index contributed by atoms with van der Waals surface area (Å²) < 4.78 is 154. The molecule has 15 heteroatoms. The second kappa shape index (κ2) is 11.1. The highest BCUT2D eigenvalue weighted by atomic mass is 32.2. The molecule has 0 spiro atoms. The van der Waals surface area contributed by atoms with E-state index in [1.807, 2.05) is 0 Å². The molecule has 0 fully saturated rings. The van der Waals surface area contributed by atoms with Crippen molar-refractivity contribution in [3.05, 3.63) is 83.9 Å².